The third-order valence-electron chi connectivity index (χ3n) is 3.75. The van der Waals surface area contributed by atoms with Crippen LogP contribution < -0.4 is 10.5 Å². The second kappa shape index (κ2) is 4.10. The Morgan fingerprint density at radius 1 is 1.06 bits per heavy atom. The summed E-state index contributed by atoms with van der Waals surface area (Å²) in [5.74, 6) is 1.04. The summed E-state index contributed by atoms with van der Waals surface area (Å²) in [6.45, 7) is 0. The molecule has 0 spiro atoms. The molecule has 0 heterocycles. The molecule has 0 atom stereocenters. The zero-order valence-electron chi connectivity index (χ0n) is 9.61. The molecule has 2 aliphatic carbocycles. The van der Waals surface area contributed by atoms with E-state index in [1.54, 1.807) is 0 Å². The van der Waals surface area contributed by atoms with Crippen LogP contribution in [0.25, 0.3) is 0 Å². The van der Waals surface area contributed by atoms with Gasteiger partial charge in [0.05, 0.1) is 0 Å². The van der Waals surface area contributed by atoms with Crippen molar-refractivity contribution in [1.82, 2.24) is 0 Å². The molecular formula is C14H19NO. The molecule has 1 fully saturated rings. The molecule has 2 nitrogen and oxygen atoms in total. The summed E-state index contributed by atoms with van der Waals surface area (Å²) in [7, 11) is 0. The average molecular weight is 217 g/mol. The van der Waals surface area contributed by atoms with E-state index in [2.05, 4.69) is 18.2 Å². The van der Waals surface area contributed by atoms with Gasteiger partial charge in [-0.2, -0.15) is 0 Å². The molecule has 1 aromatic rings. The van der Waals surface area contributed by atoms with Crippen LogP contribution in [0, 0.1) is 0 Å². The van der Waals surface area contributed by atoms with Crippen LogP contribution in [0.5, 0.6) is 5.75 Å². The minimum Gasteiger partial charge on any atom is -0.490 e. The van der Waals surface area contributed by atoms with Crippen molar-refractivity contribution in [1.29, 1.82) is 0 Å². The van der Waals surface area contributed by atoms with E-state index >= 15 is 0 Å². The summed E-state index contributed by atoms with van der Waals surface area (Å²) < 4.78 is 5.91. The molecule has 1 aromatic carbocycles. The largest absolute Gasteiger partial charge is 0.490 e. The predicted molar refractivity (Wildman–Crippen MR) is 64.7 cm³/mol. The van der Waals surface area contributed by atoms with E-state index in [-0.39, 0.29) is 0 Å². The standard InChI is InChI=1S/C14H19NO/c15-12-8-14(9-12)16-13-6-5-10-3-1-2-4-11(10)7-13/h5-7,12,14H,1-4,8-9,15H2. The summed E-state index contributed by atoms with van der Waals surface area (Å²) in [6.07, 6.45) is 7.50. The topological polar surface area (TPSA) is 35.2 Å². The molecule has 0 saturated heterocycles. The number of hydrogen-bond acceptors (Lipinski definition) is 2. The number of nitrogens with two attached hydrogens (primary N) is 1. The van der Waals surface area contributed by atoms with Crippen molar-refractivity contribution in [3.8, 4) is 5.75 Å². The zero-order valence-corrected chi connectivity index (χ0v) is 9.61. The van der Waals surface area contributed by atoms with Crippen LogP contribution in [0.3, 0.4) is 0 Å². The van der Waals surface area contributed by atoms with Gasteiger partial charge in [-0.3, -0.25) is 0 Å². The van der Waals surface area contributed by atoms with Gasteiger partial charge in [0.15, 0.2) is 0 Å². The summed E-state index contributed by atoms with van der Waals surface area (Å²) >= 11 is 0. The second-order valence-corrected chi connectivity index (χ2v) is 5.11. The van der Waals surface area contributed by atoms with E-state index < -0.39 is 0 Å². The lowest BCUT2D eigenvalue weighted by Crippen LogP contribution is -2.43. The van der Waals surface area contributed by atoms with E-state index in [9.17, 15) is 0 Å². The van der Waals surface area contributed by atoms with Crippen molar-refractivity contribution in [3.63, 3.8) is 0 Å². The van der Waals surface area contributed by atoms with Crippen molar-refractivity contribution in [2.45, 2.75) is 50.7 Å². The van der Waals surface area contributed by atoms with Crippen LogP contribution in [0.2, 0.25) is 0 Å². The third kappa shape index (κ3) is 1.94. The fourth-order valence-electron chi connectivity index (χ4n) is 2.68. The lowest BCUT2D eigenvalue weighted by atomic mass is 9.89. The van der Waals surface area contributed by atoms with E-state index in [0.717, 1.165) is 18.6 Å². The van der Waals surface area contributed by atoms with Crippen LogP contribution in [0.4, 0.5) is 0 Å². The van der Waals surface area contributed by atoms with E-state index in [4.69, 9.17) is 10.5 Å². The number of ether oxygens (including phenoxy) is 1. The van der Waals surface area contributed by atoms with Crippen LogP contribution >= 0.6 is 0 Å². The molecule has 0 aromatic heterocycles. The zero-order chi connectivity index (χ0) is 11.0. The van der Waals surface area contributed by atoms with Gasteiger partial charge in [0.1, 0.15) is 11.9 Å². The molecule has 2 heteroatoms. The first kappa shape index (κ1) is 10.2. The van der Waals surface area contributed by atoms with Gasteiger partial charge in [-0.25, -0.2) is 0 Å². The maximum absolute atomic E-state index is 5.91. The van der Waals surface area contributed by atoms with Gasteiger partial charge >= 0.3 is 0 Å². The van der Waals surface area contributed by atoms with Gasteiger partial charge in [-0.05, 0) is 61.8 Å². The number of hydrogen-bond donors (Lipinski definition) is 1. The van der Waals surface area contributed by atoms with Crippen LogP contribution in [-0.2, 0) is 12.8 Å². The van der Waals surface area contributed by atoms with Crippen molar-refractivity contribution in [2.75, 3.05) is 0 Å². The minimum atomic E-state index is 0.358. The van der Waals surface area contributed by atoms with Crippen LogP contribution in [0.15, 0.2) is 18.2 Å². The molecule has 0 radical (unpaired) electrons. The van der Waals surface area contributed by atoms with Crippen molar-refractivity contribution >= 4 is 0 Å². The Morgan fingerprint density at radius 2 is 1.81 bits per heavy atom. The molecule has 1 saturated carbocycles. The molecule has 16 heavy (non-hydrogen) atoms. The van der Waals surface area contributed by atoms with Gasteiger partial charge in [0.25, 0.3) is 0 Å². The first-order chi connectivity index (χ1) is 7.81. The van der Waals surface area contributed by atoms with Gasteiger partial charge in [-0.1, -0.05) is 6.07 Å². The summed E-state index contributed by atoms with van der Waals surface area (Å²) in [5, 5.41) is 0. The molecule has 3 rings (SSSR count). The van der Waals surface area contributed by atoms with E-state index in [1.807, 2.05) is 0 Å². The lowest BCUT2D eigenvalue weighted by Gasteiger charge is -2.33. The first-order valence-corrected chi connectivity index (χ1v) is 6.35. The fourth-order valence-corrected chi connectivity index (χ4v) is 2.68. The number of benzene rings is 1. The van der Waals surface area contributed by atoms with E-state index in [0.29, 0.717) is 12.1 Å². The minimum absolute atomic E-state index is 0.358. The molecule has 0 aliphatic heterocycles. The van der Waals surface area contributed by atoms with Crippen LogP contribution in [-0.4, -0.2) is 12.1 Å². The highest BCUT2D eigenvalue weighted by molar-refractivity contribution is 5.37. The van der Waals surface area contributed by atoms with Gasteiger partial charge < -0.3 is 10.5 Å². The highest BCUT2D eigenvalue weighted by Crippen LogP contribution is 2.29. The van der Waals surface area contributed by atoms with Crippen molar-refractivity contribution < 1.29 is 4.74 Å². The Labute approximate surface area is 96.8 Å². The Hall–Kier alpha value is -1.02. The molecule has 2 N–H and O–H groups in total. The highest BCUT2D eigenvalue weighted by Gasteiger charge is 2.27. The SMILES string of the molecule is NC1CC(Oc2ccc3c(c2)CCCC3)C1. The third-order valence-corrected chi connectivity index (χ3v) is 3.75. The van der Waals surface area contributed by atoms with Gasteiger partial charge in [-0.15, -0.1) is 0 Å². The van der Waals surface area contributed by atoms with Gasteiger partial charge in [0, 0.05) is 6.04 Å². The lowest BCUT2D eigenvalue weighted by molar-refractivity contribution is 0.101. The second-order valence-electron chi connectivity index (χ2n) is 5.11. The molecular weight excluding hydrogens is 198 g/mol. The summed E-state index contributed by atoms with van der Waals surface area (Å²) in [6, 6.07) is 6.96. The molecule has 0 amide bonds. The van der Waals surface area contributed by atoms with Crippen molar-refractivity contribution in [2.24, 2.45) is 5.73 Å². The maximum Gasteiger partial charge on any atom is 0.120 e. The number of fused-ring (bicyclic) bond motifs is 1. The summed E-state index contributed by atoms with van der Waals surface area (Å²) in [4.78, 5) is 0. The van der Waals surface area contributed by atoms with Crippen molar-refractivity contribution in [3.05, 3.63) is 29.3 Å². The van der Waals surface area contributed by atoms with Crippen LogP contribution in [0.1, 0.15) is 36.8 Å². The maximum atomic E-state index is 5.91. The molecule has 86 valence electrons. The molecule has 0 bridgehead atoms. The molecule has 2 aliphatic rings. The normalized spacial score (nSPS) is 28.1. The average Bonchev–Trinajstić information content (AvgIpc) is 2.27. The smallest absolute Gasteiger partial charge is 0.120 e. The Kier molecular flexibility index (Phi) is 2.60. The Bertz CT molecular complexity index is 382. The first-order valence-electron chi connectivity index (χ1n) is 6.35. The molecule has 0 unspecified atom stereocenters. The monoisotopic (exact) mass is 217 g/mol. The predicted octanol–water partition coefficient (Wildman–Crippen LogP) is 2.43. The van der Waals surface area contributed by atoms with E-state index in [1.165, 1.54) is 36.8 Å². The highest BCUT2D eigenvalue weighted by atomic mass is 16.5. The Morgan fingerprint density at radius 3 is 2.56 bits per heavy atom. The fraction of sp³-hybridized carbons (Fsp3) is 0.571. The summed E-state index contributed by atoms with van der Waals surface area (Å²) in [5.41, 5.74) is 8.76. The number of aryl methyl sites for hydroxylation is 2. The quantitative estimate of drug-likeness (QED) is 0.825. The number of rotatable bonds is 2. The van der Waals surface area contributed by atoms with Gasteiger partial charge in [0.2, 0.25) is 0 Å². The Balaban J connectivity index is 1.71.